The maximum Gasteiger partial charge on any atom is 0.147 e. The lowest BCUT2D eigenvalue weighted by molar-refractivity contribution is 0.0568. The molecule has 4 nitrogen and oxygen atoms in total. The highest BCUT2D eigenvalue weighted by Crippen LogP contribution is 2.09. The molecule has 0 aromatic carbocycles. The standard InChI is InChI=1S/C9H21NO3S/c1-4-6-10-8-9(2,11)5-7-14(3,12)13/h10-11H,4-8H2,1-3H3. The van der Waals surface area contributed by atoms with E-state index in [4.69, 9.17) is 0 Å². The number of rotatable bonds is 7. The van der Waals surface area contributed by atoms with E-state index in [0.29, 0.717) is 6.54 Å². The van der Waals surface area contributed by atoms with E-state index in [2.05, 4.69) is 5.32 Å². The molecule has 0 aliphatic rings. The third-order valence-electron chi connectivity index (χ3n) is 1.94. The predicted octanol–water partition coefficient (Wildman–Crippen LogP) is 0.172. The van der Waals surface area contributed by atoms with Gasteiger partial charge in [-0.05, 0) is 26.3 Å². The zero-order chi connectivity index (χ0) is 11.2. The highest BCUT2D eigenvalue weighted by Gasteiger charge is 2.21. The zero-order valence-corrected chi connectivity index (χ0v) is 10.0. The number of sulfone groups is 1. The van der Waals surface area contributed by atoms with Crippen LogP contribution in [0.1, 0.15) is 26.7 Å². The summed E-state index contributed by atoms with van der Waals surface area (Å²) in [6.45, 7) is 4.98. The molecule has 2 N–H and O–H groups in total. The Morgan fingerprint density at radius 3 is 2.43 bits per heavy atom. The number of hydrogen-bond acceptors (Lipinski definition) is 4. The monoisotopic (exact) mass is 223 g/mol. The van der Waals surface area contributed by atoms with Crippen molar-refractivity contribution in [1.82, 2.24) is 5.32 Å². The zero-order valence-electron chi connectivity index (χ0n) is 9.21. The van der Waals surface area contributed by atoms with Crippen LogP contribution in [-0.2, 0) is 9.84 Å². The Kier molecular flexibility index (Phi) is 5.63. The lowest BCUT2D eigenvalue weighted by Gasteiger charge is -2.23. The molecule has 0 heterocycles. The molecule has 0 fully saturated rings. The molecule has 5 heteroatoms. The Balaban J connectivity index is 3.83. The Labute approximate surface area is 86.6 Å². The van der Waals surface area contributed by atoms with E-state index in [9.17, 15) is 13.5 Å². The first-order valence-electron chi connectivity index (χ1n) is 4.88. The molecule has 0 spiro atoms. The third kappa shape index (κ3) is 8.47. The van der Waals surface area contributed by atoms with Crippen LogP contribution in [-0.4, -0.2) is 44.2 Å². The highest BCUT2D eigenvalue weighted by atomic mass is 32.2. The molecule has 0 aromatic heterocycles. The normalized spacial score (nSPS) is 16.6. The minimum atomic E-state index is -2.98. The predicted molar refractivity (Wildman–Crippen MR) is 58.1 cm³/mol. The van der Waals surface area contributed by atoms with Gasteiger partial charge in [0.25, 0.3) is 0 Å². The first-order valence-corrected chi connectivity index (χ1v) is 6.94. The number of nitrogens with one attached hydrogen (secondary N) is 1. The summed E-state index contributed by atoms with van der Waals surface area (Å²) in [6, 6.07) is 0. The van der Waals surface area contributed by atoms with E-state index >= 15 is 0 Å². The molecule has 86 valence electrons. The van der Waals surface area contributed by atoms with Crippen LogP contribution >= 0.6 is 0 Å². The fraction of sp³-hybridized carbons (Fsp3) is 1.00. The summed E-state index contributed by atoms with van der Waals surface area (Å²) in [6.07, 6.45) is 2.47. The van der Waals surface area contributed by atoms with Gasteiger partial charge in [-0.15, -0.1) is 0 Å². The molecular formula is C9H21NO3S. The summed E-state index contributed by atoms with van der Waals surface area (Å²) < 4.78 is 21.8. The summed E-state index contributed by atoms with van der Waals surface area (Å²) in [5.74, 6) is 0.0355. The van der Waals surface area contributed by atoms with Gasteiger partial charge >= 0.3 is 0 Å². The minimum Gasteiger partial charge on any atom is -0.389 e. The van der Waals surface area contributed by atoms with Crippen molar-refractivity contribution in [1.29, 1.82) is 0 Å². The third-order valence-corrected chi connectivity index (χ3v) is 2.89. The number of hydrogen-bond donors (Lipinski definition) is 2. The molecule has 0 saturated carbocycles. The van der Waals surface area contributed by atoms with Gasteiger partial charge in [0.15, 0.2) is 0 Å². The lowest BCUT2D eigenvalue weighted by Crippen LogP contribution is -2.39. The second kappa shape index (κ2) is 5.68. The molecule has 0 aliphatic carbocycles. The average Bonchev–Trinajstić information content (AvgIpc) is 2.00. The molecule has 0 saturated heterocycles. The molecule has 0 amide bonds. The van der Waals surface area contributed by atoms with E-state index in [-0.39, 0.29) is 12.2 Å². The molecule has 1 unspecified atom stereocenters. The van der Waals surface area contributed by atoms with Gasteiger partial charge in [0, 0.05) is 12.8 Å². The average molecular weight is 223 g/mol. The van der Waals surface area contributed by atoms with Crippen molar-refractivity contribution >= 4 is 9.84 Å². The molecule has 14 heavy (non-hydrogen) atoms. The van der Waals surface area contributed by atoms with Gasteiger partial charge in [-0.1, -0.05) is 6.92 Å². The summed E-state index contributed by atoms with van der Waals surface area (Å²) in [4.78, 5) is 0. The largest absolute Gasteiger partial charge is 0.389 e. The van der Waals surface area contributed by atoms with Gasteiger partial charge in [-0.25, -0.2) is 8.42 Å². The van der Waals surface area contributed by atoms with Crippen LogP contribution in [0.2, 0.25) is 0 Å². The Bertz CT molecular complexity index is 247. The molecule has 0 bridgehead atoms. The topological polar surface area (TPSA) is 66.4 Å². The van der Waals surface area contributed by atoms with Gasteiger partial charge in [-0.2, -0.15) is 0 Å². The van der Waals surface area contributed by atoms with Crippen molar-refractivity contribution in [2.75, 3.05) is 25.1 Å². The van der Waals surface area contributed by atoms with Crippen LogP contribution in [0, 0.1) is 0 Å². The van der Waals surface area contributed by atoms with Crippen LogP contribution in [0.25, 0.3) is 0 Å². The fourth-order valence-electron chi connectivity index (χ4n) is 1.03. The summed E-state index contributed by atoms with van der Waals surface area (Å²) in [7, 11) is -2.98. The smallest absolute Gasteiger partial charge is 0.147 e. The van der Waals surface area contributed by atoms with Crippen molar-refractivity contribution in [3.8, 4) is 0 Å². The first-order chi connectivity index (χ1) is 6.27. The fourth-order valence-corrected chi connectivity index (χ4v) is 1.84. The van der Waals surface area contributed by atoms with Gasteiger partial charge in [0.05, 0.1) is 11.4 Å². The molecule has 0 aliphatic heterocycles. The highest BCUT2D eigenvalue weighted by molar-refractivity contribution is 7.90. The van der Waals surface area contributed by atoms with Gasteiger partial charge in [-0.3, -0.25) is 0 Å². The van der Waals surface area contributed by atoms with Crippen LogP contribution in [0.15, 0.2) is 0 Å². The number of aliphatic hydroxyl groups is 1. The van der Waals surface area contributed by atoms with Crippen molar-refractivity contribution in [2.24, 2.45) is 0 Å². The second-order valence-corrected chi connectivity index (χ2v) is 6.31. The van der Waals surface area contributed by atoms with Crippen LogP contribution in [0.3, 0.4) is 0 Å². The maximum absolute atomic E-state index is 10.9. The lowest BCUT2D eigenvalue weighted by atomic mass is 10.0. The maximum atomic E-state index is 10.9. The van der Waals surface area contributed by atoms with Crippen molar-refractivity contribution in [2.45, 2.75) is 32.3 Å². The SMILES string of the molecule is CCCNCC(C)(O)CCS(C)(=O)=O. The Morgan fingerprint density at radius 1 is 1.43 bits per heavy atom. The summed E-state index contributed by atoms with van der Waals surface area (Å²) in [5, 5.41) is 12.8. The van der Waals surface area contributed by atoms with Crippen molar-refractivity contribution in [3.05, 3.63) is 0 Å². The molecule has 1 atom stereocenters. The quantitative estimate of drug-likeness (QED) is 0.604. The van der Waals surface area contributed by atoms with Crippen molar-refractivity contribution < 1.29 is 13.5 Å². The molecule has 0 aromatic rings. The first kappa shape index (κ1) is 13.9. The Morgan fingerprint density at radius 2 is 2.00 bits per heavy atom. The van der Waals surface area contributed by atoms with Crippen LogP contribution in [0.5, 0.6) is 0 Å². The Hall–Kier alpha value is -0.130. The second-order valence-electron chi connectivity index (χ2n) is 4.05. The van der Waals surface area contributed by atoms with Gasteiger partial charge in [0.1, 0.15) is 9.84 Å². The minimum absolute atomic E-state index is 0.0355. The van der Waals surface area contributed by atoms with E-state index < -0.39 is 15.4 Å². The van der Waals surface area contributed by atoms with E-state index in [1.54, 1.807) is 6.92 Å². The van der Waals surface area contributed by atoms with Gasteiger partial charge in [0.2, 0.25) is 0 Å². The van der Waals surface area contributed by atoms with E-state index in [1.807, 2.05) is 6.92 Å². The van der Waals surface area contributed by atoms with Gasteiger partial charge < -0.3 is 10.4 Å². The van der Waals surface area contributed by atoms with Crippen LogP contribution in [0.4, 0.5) is 0 Å². The van der Waals surface area contributed by atoms with Crippen molar-refractivity contribution in [3.63, 3.8) is 0 Å². The van der Waals surface area contributed by atoms with E-state index in [0.717, 1.165) is 13.0 Å². The van der Waals surface area contributed by atoms with E-state index in [1.165, 1.54) is 6.26 Å². The molecule has 0 radical (unpaired) electrons. The van der Waals surface area contributed by atoms with Crippen LogP contribution < -0.4 is 5.32 Å². The summed E-state index contributed by atoms with van der Waals surface area (Å²) in [5.41, 5.74) is -0.932. The summed E-state index contributed by atoms with van der Waals surface area (Å²) >= 11 is 0. The molecule has 0 rings (SSSR count). The molecular weight excluding hydrogens is 202 g/mol.